The van der Waals surface area contributed by atoms with Crippen LogP contribution in [0.25, 0.3) is 0 Å². The van der Waals surface area contributed by atoms with Crippen LogP contribution in [0.2, 0.25) is 0 Å². The van der Waals surface area contributed by atoms with Crippen molar-refractivity contribution in [1.82, 2.24) is 0 Å². The second-order valence-electron chi connectivity index (χ2n) is 6.15. The van der Waals surface area contributed by atoms with E-state index >= 15 is 0 Å². The predicted molar refractivity (Wildman–Crippen MR) is 62.1 cm³/mol. The van der Waals surface area contributed by atoms with Crippen LogP contribution in [-0.4, -0.2) is 0 Å². The van der Waals surface area contributed by atoms with E-state index in [4.69, 9.17) is 0 Å². The molecule has 0 saturated heterocycles. The molecule has 0 aromatic carbocycles. The maximum atomic E-state index is 2.49. The zero-order valence-electron chi connectivity index (χ0n) is 10.7. The summed E-state index contributed by atoms with van der Waals surface area (Å²) >= 11 is 0. The van der Waals surface area contributed by atoms with Gasteiger partial charge in [0.15, 0.2) is 0 Å². The van der Waals surface area contributed by atoms with E-state index in [9.17, 15) is 0 Å². The summed E-state index contributed by atoms with van der Waals surface area (Å²) in [4.78, 5) is 0. The Morgan fingerprint density at radius 1 is 1.00 bits per heavy atom. The van der Waals surface area contributed by atoms with E-state index in [1.54, 1.807) is 0 Å². The first-order chi connectivity index (χ1) is 6.48. The van der Waals surface area contributed by atoms with Crippen LogP contribution in [-0.2, 0) is 0 Å². The predicted octanol–water partition coefficient (Wildman–Crippen LogP) is 4.35. The van der Waals surface area contributed by atoms with Crippen LogP contribution >= 0.6 is 0 Å². The Balaban J connectivity index is 2.14. The molecule has 2 saturated carbocycles. The molecule has 3 atom stereocenters. The van der Waals surface area contributed by atoms with Crippen molar-refractivity contribution in [1.29, 1.82) is 0 Å². The molecule has 0 heteroatoms. The van der Waals surface area contributed by atoms with Crippen molar-refractivity contribution in [3.63, 3.8) is 0 Å². The van der Waals surface area contributed by atoms with Gasteiger partial charge in [-0.25, -0.2) is 0 Å². The minimum atomic E-state index is 0.752. The Labute approximate surface area is 89.5 Å². The van der Waals surface area contributed by atoms with Gasteiger partial charge in [0.25, 0.3) is 0 Å². The fourth-order valence-corrected chi connectivity index (χ4v) is 5.66. The van der Waals surface area contributed by atoms with Crippen LogP contribution in [0, 0.1) is 34.5 Å². The van der Waals surface area contributed by atoms with Crippen LogP contribution in [0.15, 0.2) is 0 Å². The second-order valence-corrected chi connectivity index (χ2v) is 6.15. The van der Waals surface area contributed by atoms with Crippen LogP contribution in [0.3, 0.4) is 0 Å². The third-order valence-corrected chi connectivity index (χ3v) is 5.94. The Bertz CT molecular complexity index is 228. The third kappa shape index (κ3) is 0.750. The molecule has 0 bridgehead atoms. The summed E-state index contributed by atoms with van der Waals surface area (Å²) in [7, 11) is 0. The van der Waals surface area contributed by atoms with Crippen molar-refractivity contribution in [3.8, 4) is 0 Å². The summed E-state index contributed by atoms with van der Waals surface area (Å²) in [5.41, 5.74) is 1.51. The number of rotatable bonds is 4. The average Bonchev–Trinajstić information content (AvgIpc) is 2.89. The molecule has 2 aliphatic carbocycles. The molecule has 0 nitrogen and oxygen atoms in total. The van der Waals surface area contributed by atoms with Gasteiger partial charge in [0, 0.05) is 0 Å². The summed E-state index contributed by atoms with van der Waals surface area (Å²) < 4.78 is 0. The fraction of sp³-hybridized carbons (Fsp3) is 1.00. The maximum absolute atomic E-state index is 2.49. The van der Waals surface area contributed by atoms with Crippen molar-refractivity contribution in [2.24, 2.45) is 34.5 Å². The maximum Gasteiger partial charge on any atom is -0.0145 e. The SMILES string of the molecule is CCCC(C)C12C(C)C1(C(C)C)C2C. The largest absolute Gasteiger partial charge is 0.0654 e. The van der Waals surface area contributed by atoms with Crippen LogP contribution in [0.5, 0.6) is 0 Å². The summed E-state index contributed by atoms with van der Waals surface area (Å²) in [5.74, 6) is 3.87. The lowest BCUT2D eigenvalue weighted by atomic mass is 9.83. The Hall–Kier alpha value is 0. The topological polar surface area (TPSA) is 0 Å². The van der Waals surface area contributed by atoms with Gasteiger partial charge in [-0.15, -0.1) is 0 Å². The van der Waals surface area contributed by atoms with Gasteiger partial charge in [-0.2, -0.15) is 0 Å². The van der Waals surface area contributed by atoms with Gasteiger partial charge in [0.2, 0.25) is 0 Å². The number of hydrogen-bond acceptors (Lipinski definition) is 0. The van der Waals surface area contributed by atoms with Crippen molar-refractivity contribution in [2.45, 2.75) is 54.4 Å². The molecule has 82 valence electrons. The summed E-state index contributed by atoms with van der Waals surface area (Å²) in [6, 6.07) is 0. The molecule has 2 aliphatic rings. The average molecular weight is 194 g/mol. The Kier molecular flexibility index (Phi) is 2.08. The van der Waals surface area contributed by atoms with E-state index in [-0.39, 0.29) is 0 Å². The smallest absolute Gasteiger partial charge is 0.0145 e. The fourth-order valence-electron chi connectivity index (χ4n) is 5.66. The first-order valence-electron chi connectivity index (χ1n) is 6.48. The van der Waals surface area contributed by atoms with E-state index in [2.05, 4.69) is 41.5 Å². The van der Waals surface area contributed by atoms with Crippen molar-refractivity contribution in [3.05, 3.63) is 0 Å². The van der Waals surface area contributed by atoms with Crippen molar-refractivity contribution < 1.29 is 0 Å². The minimum absolute atomic E-state index is 0.752. The molecule has 0 N–H and O–H groups in total. The molecule has 2 fully saturated rings. The summed E-state index contributed by atoms with van der Waals surface area (Å²) in [5, 5.41) is 0. The van der Waals surface area contributed by atoms with Gasteiger partial charge in [0.1, 0.15) is 0 Å². The lowest BCUT2D eigenvalue weighted by Crippen LogP contribution is -2.15. The third-order valence-electron chi connectivity index (χ3n) is 5.94. The monoisotopic (exact) mass is 194 g/mol. The first-order valence-corrected chi connectivity index (χ1v) is 6.48. The van der Waals surface area contributed by atoms with Crippen LogP contribution in [0.1, 0.15) is 54.4 Å². The molecule has 0 spiro atoms. The molecule has 0 amide bonds. The van der Waals surface area contributed by atoms with Gasteiger partial charge in [0.05, 0.1) is 0 Å². The van der Waals surface area contributed by atoms with E-state index in [1.165, 1.54) is 12.8 Å². The molecule has 0 radical (unpaired) electrons. The van der Waals surface area contributed by atoms with Crippen LogP contribution in [0.4, 0.5) is 0 Å². The highest BCUT2D eigenvalue weighted by atomic mass is 15.0. The normalized spacial score (nSPS) is 51.6. The highest BCUT2D eigenvalue weighted by Gasteiger charge is 2.94. The molecule has 14 heavy (non-hydrogen) atoms. The number of hydrogen-bond donors (Lipinski definition) is 0. The zero-order valence-corrected chi connectivity index (χ0v) is 10.7. The molecule has 3 unspecified atom stereocenters. The molecule has 0 aromatic heterocycles. The Morgan fingerprint density at radius 3 is 1.79 bits per heavy atom. The molecule has 0 aliphatic heterocycles. The van der Waals surface area contributed by atoms with Crippen LogP contribution < -0.4 is 0 Å². The summed E-state index contributed by atoms with van der Waals surface area (Å²) in [6.45, 7) is 14.7. The molecule has 2 rings (SSSR count). The molecule has 0 aromatic rings. The van der Waals surface area contributed by atoms with E-state index in [0.717, 1.165) is 34.5 Å². The lowest BCUT2D eigenvalue weighted by Gasteiger charge is -2.21. The van der Waals surface area contributed by atoms with Gasteiger partial charge < -0.3 is 0 Å². The van der Waals surface area contributed by atoms with Gasteiger partial charge in [-0.1, -0.05) is 54.4 Å². The quantitative estimate of drug-likeness (QED) is 0.624. The zero-order chi connectivity index (χ0) is 10.7. The lowest BCUT2D eigenvalue weighted by molar-refractivity contribution is 0.266. The molecular formula is C14H26. The van der Waals surface area contributed by atoms with Crippen molar-refractivity contribution >= 4 is 0 Å². The van der Waals surface area contributed by atoms with E-state index < -0.39 is 0 Å². The minimum Gasteiger partial charge on any atom is -0.0654 e. The summed E-state index contributed by atoms with van der Waals surface area (Å²) in [6.07, 6.45) is 2.79. The highest BCUT2D eigenvalue weighted by molar-refractivity contribution is 5.41. The molecule has 0 heterocycles. The van der Waals surface area contributed by atoms with Gasteiger partial charge in [-0.3, -0.25) is 0 Å². The van der Waals surface area contributed by atoms with Gasteiger partial charge >= 0.3 is 0 Å². The number of fused-ring (bicyclic) bond motifs is 1. The second kappa shape index (κ2) is 2.77. The van der Waals surface area contributed by atoms with Gasteiger partial charge in [-0.05, 0) is 34.5 Å². The van der Waals surface area contributed by atoms with Crippen molar-refractivity contribution in [2.75, 3.05) is 0 Å². The van der Waals surface area contributed by atoms with E-state index in [1.807, 2.05) is 0 Å². The highest BCUT2D eigenvalue weighted by Crippen LogP contribution is 2.98. The van der Waals surface area contributed by atoms with E-state index in [0.29, 0.717) is 0 Å². The Morgan fingerprint density at radius 2 is 1.50 bits per heavy atom. The first kappa shape index (κ1) is 10.5. The standard InChI is InChI=1S/C14H26/c1-7-8-10(4)14-11(5)13(14,9(2)3)12(14)6/h9-12H,7-8H2,1-6H3. The molecular weight excluding hydrogens is 168 g/mol.